The van der Waals surface area contributed by atoms with Crippen LogP contribution in [0.2, 0.25) is 0 Å². The molecule has 0 unspecified atom stereocenters. The van der Waals surface area contributed by atoms with E-state index >= 15 is 0 Å². The van der Waals surface area contributed by atoms with Gasteiger partial charge in [0.2, 0.25) is 0 Å². The lowest BCUT2D eigenvalue weighted by molar-refractivity contribution is 0.573. The highest BCUT2D eigenvalue weighted by Gasteiger charge is 2.02. The fourth-order valence-electron chi connectivity index (χ4n) is 1.96. The van der Waals surface area contributed by atoms with E-state index in [4.69, 9.17) is 0 Å². The highest BCUT2D eigenvalue weighted by Crippen LogP contribution is 2.10. The van der Waals surface area contributed by atoms with Crippen molar-refractivity contribution in [3.05, 3.63) is 35.1 Å². The molecule has 1 aromatic rings. The first kappa shape index (κ1) is 20.1. The van der Waals surface area contributed by atoms with E-state index in [2.05, 4.69) is 29.5 Å². The molecule has 21 heavy (non-hydrogen) atoms. The average molecular weight is 407 g/mol. The molecule has 1 aromatic carbocycles. The maximum absolute atomic E-state index is 13.0. The normalized spacial score (nSPS) is 11.2. The summed E-state index contributed by atoms with van der Waals surface area (Å²) in [5.41, 5.74) is 2.16. The molecule has 120 valence electrons. The first-order chi connectivity index (χ1) is 9.52. The summed E-state index contributed by atoms with van der Waals surface area (Å²) in [5, 5.41) is 6.57. The summed E-state index contributed by atoms with van der Waals surface area (Å²) in [7, 11) is 1.77. The van der Waals surface area contributed by atoms with Crippen molar-refractivity contribution < 1.29 is 4.39 Å². The van der Waals surface area contributed by atoms with Gasteiger partial charge < -0.3 is 10.6 Å². The van der Waals surface area contributed by atoms with Crippen molar-refractivity contribution in [3.8, 4) is 0 Å². The van der Waals surface area contributed by atoms with Gasteiger partial charge in [-0.3, -0.25) is 4.99 Å². The Morgan fingerprint density at radius 2 is 1.90 bits per heavy atom. The van der Waals surface area contributed by atoms with Gasteiger partial charge in [-0.15, -0.1) is 24.0 Å². The monoisotopic (exact) mass is 407 g/mol. The van der Waals surface area contributed by atoms with Crippen LogP contribution in [0.25, 0.3) is 0 Å². The maximum atomic E-state index is 13.0. The van der Waals surface area contributed by atoms with Crippen molar-refractivity contribution in [2.24, 2.45) is 10.9 Å². The van der Waals surface area contributed by atoms with Gasteiger partial charge in [0.05, 0.1) is 0 Å². The largest absolute Gasteiger partial charge is 0.356 e. The van der Waals surface area contributed by atoms with E-state index < -0.39 is 0 Å². The van der Waals surface area contributed by atoms with Crippen LogP contribution in [-0.4, -0.2) is 26.1 Å². The highest BCUT2D eigenvalue weighted by molar-refractivity contribution is 14.0. The predicted octanol–water partition coefficient (Wildman–Crippen LogP) is 3.51. The van der Waals surface area contributed by atoms with Gasteiger partial charge in [-0.1, -0.05) is 19.9 Å². The summed E-state index contributed by atoms with van der Waals surface area (Å²) in [5.74, 6) is 1.33. The van der Waals surface area contributed by atoms with Crippen LogP contribution in [0.4, 0.5) is 4.39 Å². The fraction of sp³-hybridized carbons (Fsp3) is 0.562. The molecule has 0 aliphatic rings. The third-order valence-corrected chi connectivity index (χ3v) is 3.23. The second kappa shape index (κ2) is 10.8. The average Bonchev–Trinajstić information content (AvgIpc) is 2.39. The molecular formula is C16H27FIN3. The van der Waals surface area contributed by atoms with E-state index in [0.717, 1.165) is 43.0 Å². The van der Waals surface area contributed by atoms with Crippen LogP contribution in [0.15, 0.2) is 23.2 Å². The van der Waals surface area contributed by atoms with Crippen LogP contribution in [0, 0.1) is 18.7 Å². The highest BCUT2D eigenvalue weighted by atomic mass is 127. The Hall–Kier alpha value is -0.850. The van der Waals surface area contributed by atoms with E-state index in [1.165, 1.54) is 6.07 Å². The molecule has 0 fully saturated rings. The Kier molecular flexibility index (Phi) is 10.4. The third kappa shape index (κ3) is 8.24. The Bertz CT molecular complexity index is 447. The number of rotatable bonds is 6. The lowest BCUT2D eigenvalue weighted by atomic mass is 10.1. The first-order valence-electron chi connectivity index (χ1n) is 7.22. The van der Waals surface area contributed by atoms with Gasteiger partial charge in [0, 0.05) is 20.1 Å². The molecule has 5 heteroatoms. The van der Waals surface area contributed by atoms with Crippen molar-refractivity contribution in [3.63, 3.8) is 0 Å². The van der Waals surface area contributed by atoms with Gasteiger partial charge in [0.15, 0.2) is 5.96 Å². The number of hydrogen-bond acceptors (Lipinski definition) is 1. The SMILES string of the molecule is CN=C(NCCc1ccc(F)cc1C)NCCC(C)C.I. The zero-order chi connectivity index (χ0) is 15.0. The number of halogens is 2. The maximum Gasteiger partial charge on any atom is 0.190 e. The van der Waals surface area contributed by atoms with Gasteiger partial charge in [-0.2, -0.15) is 0 Å². The molecule has 1 rings (SSSR count). The molecule has 0 atom stereocenters. The summed E-state index contributed by atoms with van der Waals surface area (Å²) in [6.07, 6.45) is 1.98. The minimum atomic E-state index is -0.176. The predicted molar refractivity (Wildman–Crippen MR) is 99.1 cm³/mol. The third-order valence-electron chi connectivity index (χ3n) is 3.23. The number of hydrogen-bond donors (Lipinski definition) is 2. The van der Waals surface area contributed by atoms with E-state index in [1.54, 1.807) is 13.1 Å². The molecular weight excluding hydrogens is 380 g/mol. The lowest BCUT2D eigenvalue weighted by Gasteiger charge is -2.13. The first-order valence-corrected chi connectivity index (χ1v) is 7.22. The van der Waals surface area contributed by atoms with Crippen LogP contribution in [-0.2, 0) is 6.42 Å². The van der Waals surface area contributed by atoms with Crippen molar-refractivity contribution in [1.29, 1.82) is 0 Å². The van der Waals surface area contributed by atoms with Crippen LogP contribution in [0.1, 0.15) is 31.4 Å². The van der Waals surface area contributed by atoms with Crippen molar-refractivity contribution >= 4 is 29.9 Å². The molecule has 0 aromatic heterocycles. The Morgan fingerprint density at radius 1 is 1.24 bits per heavy atom. The molecule has 2 N–H and O–H groups in total. The molecule has 3 nitrogen and oxygen atoms in total. The van der Waals surface area contributed by atoms with Gasteiger partial charge in [-0.05, 0) is 48.9 Å². The second-order valence-corrected chi connectivity index (χ2v) is 5.43. The van der Waals surface area contributed by atoms with E-state index in [-0.39, 0.29) is 29.8 Å². The number of aryl methyl sites for hydroxylation is 1. The van der Waals surface area contributed by atoms with Crippen LogP contribution >= 0.6 is 24.0 Å². The topological polar surface area (TPSA) is 36.4 Å². The molecule has 0 amide bonds. The van der Waals surface area contributed by atoms with Crippen molar-refractivity contribution in [2.75, 3.05) is 20.1 Å². The summed E-state index contributed by atoms with van der Waals surface area (Å²) in [6, 6.07) is 4.93. The zero-order valence-electron chi connectivity index (χ0n) is 13.4. The van der Waals surface area contributed by atoms with E-state index in [9.17, 15) is 4.39 Å². The zero-order valence-corrected chi connectivity index (χ0v) is 15.7. The summed E-state index contributed by atoms with van der Waals surface area (Å²) >= 11 is 0. The van der Waals surface area contributed by atoms with E-state index in [0.29, 0.717) is 5.92 Å². The molecule has 0 bridgehead atoms. The molecule has 0 radical (unpaired) electrons. The van der Waals surface area contributed by atoms with Crippen molar-refractivity contribution in [2.45, 2.75) is 33.6 Å². The molecule has 0 heterocycles. The smallest absolute Gasteiger partial charge is 0.190 e. The minimum absolute atomic E-state index is 0. The lowest BCUT2D eigenvalue weighted by Crippen LogP contribution is -2.39. The Labute approximate surface area is 144 Å². The summed E-state index contributed by atoms with van der Waals surface area (Å²) in [4.78, 5) is 4.19. The Morgan fingerprint density at radius 3 is 2.48 bits per heavy atom. The van der Waals surface area contributed by atoms with Gasteiger partial charge >= 0.3 is 0 Å². The number of nitrogens with one attached hydrogen (secondary N) is 2. The summed E-state index contributed by atoms with van der Waals surface area (Å²) < 4.78 is 13.0. The number of nitrogens with zero attached hydrogens (tertiary/aromatic N) is 1. The minimum Gasteiger partial charge on any atom is -0.356 e. The fourth-order valence-corrected chi connectivity index (χ4v) is 1.96. The molecule has 0 saturated carbocycles. The summed E-state index contributed by atoms with van der Waals surface area (Å²) in [6.45, 7) is 8.05. The van der Waals surface area contributed by atoms with Crippen LogP contribution in [0.5, 0.6) is 0 Å². The molecule has 0 spiro atoms. The molecule has 0 saturated heterocycles. The van der Waals surface area contributed by atoms with Gasteiger partial charge in [0.25, 0.3) is 0 Å². The van der Waals surface area contributed by atoms with Gasteiger partial charge in [-0.25, -0.2) is 4.39 Å². The molecule has 0 aliphatic heterocycles. The number of aliphatic imine (C=N–C) groups is 1. The van der Waals surface area contributed by atoms with Crippen LogP contribution < -0.4 is 10.6 Å². The Balaban J connectivity index is 0.00000400. The van der Waals surface area contributed by atoms with Crippen molar-refractivity contribution in [1.82, 2.24) is 10.6 Å². The standard InChI is InChI=1S/C16H26FN3.HI/c1-12(2)7-9-19-16(18-4)20-10-8-14-5-6-15(17)11-13(14)3;/h5-6,11-12H,7-10H2,1-4H3,(H2,18,19,20);1H. The van der Waals surface area contributed by atoms with E-state index in [1.807, 2.05) is 13.0 Å². The quantitative estimate of drug-likeness (QED) is 0.430. The second-order valence-electron chi connectivity index (χ2n) is 5.43. The van der Waals surface area contributed by atoms with Crippen LogP contribution in [0.3, 0.4) is 0 Å². The van der Waals surface area contributed by atoms with Gasteiger partial charge in [0.1, 0.15) is 5.82 Å². The number of guanidine groups is 1. The molecule has 0 aliphatic carbocycles. The number of benzene rings is 1.